The Balaban J connectivity index is 1.73. The molecule has 138 valence electrons. The molecule has 5 heteroatoms. The first-order chi connectivity index (χ1) is 13.2. The summed E-state index contributed by atoms with van der Waals surface area (Å²) in [4.78, 5) is 19.5. The van der Waals surface area contributed by atoms with Gasteiger partial charge in [-0.05, 0) is 54.5 Å². The number of nitrogens with zero attached hydrogens (tertiary/aromatic N) is 1. The second-order valence-electron chi connectivity index (χ2n) is 6.86. The molecule has 0 bridgehead atoms. The van der Waals surface area contributed by atoms with Crippen molar-refractivity contribution in [3.8, 4) is 17.3 Å². The highest BCUT2D eigenvalue weighted by Gasteiger charge is 2.22. The smallest absolute Gasteiger partial charge is 0.284 e. The van der Waals surface area contributed by atoms with Gasteiger partial charge in [-0.2, -0.15) is 0 Å². The SMILES string of the molecule is C=CC(=O)CC1CCC=C(c2ccnc3[nH]cc(-c4ccc(OC)o4)c23)C1. The number of hydrogen-bond donors (Lipinski definition) is 1. The minimum absolute atomic E-state index is 0.117. The molecule has 1 aliphatic carbocycles. The van der Waals surface area contributed by atoms with Crippen LogP contribution in [0.3, 0.4) is 0 Å². The van der Waals surface area contributed by atoms with Gasteiger partial charge >= 0.3 is 0 Å². The van der Waals surface area contributed by atoms with Crippen LogP contribution in [-0.2, 0) is 4.79 Å². The number of fused-ring (bicyclic) bond motifs is 1. The molecule has 3 aromatic heterocycles. The van der Waals surface area contributed by atoms with Crippen molar-refractivity contribution in [1.82, 2.24) is 9.97 Å². The summed E-state index contributed by atoms with van der Waals surface area (Å²) in [5.41, 5.74) is 4.18. The molecule has 0 spiro atoms. The van der Waals surface area contributed by atoms with Crippen LogP contribution in [0.5, 0.6) is 5.95 Å². The molecule has 0 radical (unpaired) electrons. The van der Waals surface area contributed by atoms with E-state index in [9.17, 15) is 4.79 Å². The molecule has 3 aromatic rings. The van der Waals surface area contributed by atoms with Crippen molar-refractivity contribution in [2.75, 3.05) is 7.11 Å². The number of aromatic amines is 1. The van der Waals surface area contributed by atoms with Crippen LogP contribution in [0.25, 0.3) is 27.9 Å². The summed E-state index contributed by atoms with van der Waals surface area (Å²) in [7, 11) is 1.59. The Morgan fingerprint density at radius 1 is 1.41 bits per heavy atom. The maximum absolute atomic E-state index is 11.8. The van der Waals surface area contributed by atoms with E-state index in [2.05, 4.69) is 22.6 Å². The lowest BCUT2D eigenvalue weighted by atomic mass is 9.82. The van der Waals surface area contributed by atoms with Crippen molar-refractivity contribution >= 4 is 22.4 Å². The van der Waals surface area contributed by atoms with Gasteiger partial charge in [0.05, 0.1) is 7.11 Å². The third kappa shape index (κ3) is 3.33. The summed E-state index contributed by atoms with van der Waals surface area (Å²) < 4.78 is 10.9. The lowest BCUT2D eigenvalue weighted by Gasteiger charge is -2.22. The Labute approximate surface area is 157 Å². The average Bonchev–Trinajstić information content (AvgIpc) is 3.34. The zero-order valence-corrected chi connectivity index (χ0v) is 15.3. The molecule has 0 amide bonds. The second kappa shape index (κ2) is 7.27. The number of pyridine rings is 1. The van der Waals surface area contributed by atoms with Gasteiger partial charge in [-0.25, -0.2) is 4.98 Å². The summed E-state index contributed by atoms with van der Waals surface area (Å²) in [5, 5.41) is 1.04. The third-order valence-electron chi connectivity index (χ3n) is 5.16. The third-order valence-corrected chi connectivity index (χ3v) is 5.16. The Hall–Kier alpha value is -3.08. The number of allylic oxidation sites excluding steroid dienone is 3. The maximum Gasteiger partial charge on any atom is 0.284 e. The first-order valence-corrected chi connectivity index (χ1v) is 9.14. The zero-order valence-electron chi connectivity index (χ0n) is 15.3. The van der Waals surface area contributed by atoms with Crippen LogP contribution in [0.1, 0.15) is 31.2 Å². The van der Waals surface area contributed by atoms with Gasteiger partial charge in [0.25, 0.3) is 5.95 Å². The first-order valence-electron chi connectivity index (χ1n) is 9.14. The summed E-state index contributed by atoms with van der Waals surface area (Å²) >= 11 is 0. The molecule has 27 heavy (non-hydrogen) atoms. The molecule has 5 nitrogen and oxygen atoms in total. The number of H-pyrrole nitrogens is 1. The number of carbonyl (C=O) groups is 1. The lowest BCUT2D eigenvalue weighted by molar-refractivity contribution is -0.115. The predicted molar refractivity (Wildman–Crippen MR) is 105 cm³/mol. The van der Waals surface area contributed by atoms with Gasteiger partial charge in [-0.1, -0.05) is 12.7 Å². The number of aromatic nitrogens is 2. The van der Waals surface area contributed by atoms with Crippen molar-refractivity contribution in [2.45, 2.75) is 25.7 Å². The van der Waals surface area contributed by atoms with Crippen molar-refractivity contribution in [3.63, 3.8) is 0 Å². The molecule has 0 aliphatic heterocycles. The van der Waals surface area contributed by atoms with Crippen LogP contribution in [0.15, 0.2) is 53.7 Å². The van der Waals surface area contributed by atoms with Crippen LogP contribution < -0.4 is 4.74 Å². The Morgan fingerprint density at radius 2 is 2.30 bits per heavy atom. The fraction of sp³-hybridized carbons (Fsp3) is 0.273. The highest BCUT2D eigenvalue weighted by Crippen LogP contribution is 2.39. The Bertz CT molecular complexity index is 1030. The zero-order chi connectivity index (χ0) is 18.8. The normalized spacial score (nSPS) is 16.9. The van der Waals surface area contributed by atoms with Gasteiger partial charge in [0, 0.05) is 35.8 Å². The van der Waals surface area contributed by atoms with E-state index in [4.69, 9.17) is 9.15 Å². The van der Waals surface area contributed by atoms with E-state index in [0.717, 1.165) is 47.2 Å². The second-order valence-corrected chi connectivity index (χ2v) is 6.86. The quantitative estimate of drug-likeness (QED) is 0.615. The van der Waals surface area contributed by atoms with Gasteiger partial charge in [0.2, 0.25) is 0 Å². The summed E-state index contributed by atoms with van der Waals surface area (Å²) in [6.45, 7) is 3.59. The van der Waals surface area contributed by atoms with E-state index in [-0.39, 0.29) is 5.78 Å². The van der Waals surface area contributed by atoms with E-state index in [1.165, 1.54) is 11.6 Å². The standard InChI is InChI=1S/C22H22N2O3/c1-3-16(25)12-14-5-4-6-15(11-14)17-9-10-23-22-21(17)18(13-24-22)19-7-8-20(26-2)27-19/h3,6-10,13-14H,1,4-5,11-12H2,2H3,(H,23,24). The van der Waals surface area contributed by atoms with Crippen molar-refractivity contribution in [3.05, 3.63) is 54.9 Å². The number of carbonyl (C=O) groups excluding carboxylic acids is 1. The van der Waals surface area contributed by atoms with E-state index in [1.807, 2.05) is 24.5 Å². The van der Waals surface area contributed by atoms with Crippen molar-refractivity contribution in [2.24, 2.45) is 5.92 Å². The molecular formula is C22H22N2O3. The van der Waals surface area contributed by atoms with Gasteiger partial charge in [0.1, 0.15) is 11.4 Å². The average molecular weight is 362 g/mol. The summed E-state index contributed by atoms with van der Waals surface area (Å²) in [6, 6.07) is 5.75. The molecule has 0 saturated heterocycles. The topological polar surface area (TPSA) is 68.1 Å². The first kappa shape index (κ1) is 17.3. The molecule has 0 aromatic carbocycles. The van der Waals surface area contributed by atoms with E-state index >= 15 is 0 Å². The van der Waals surface area contributed by atoms with Crippen LogP contribution in [0.2, 0.25) is 0 Å². The van der Waals surface area contributed by atoms with Gasteiger partial charge < -0.3 is 14.1 Å². The Kier molecular flexibility index (Phi) is 4.67. The minimum atomic E-state index is 0.117. The van der Waals surface area contributed by atoms with Crippen molar-refractivity contribution < 1.29 is 13.9 Å². The molecule has 4 rings (SSSR count). The summed E-state index contributed by atoms with van der Waals surface area (Å²) in [6.07, 6.45) is 10.9. The van der Waals surface area contributed by atoms with E-state index in [0.29, 0.717) is 18.3 Å². The number of nitrogens with one attached hydrogen (secondary N) is 1. The molecule has 1 N–H and O–H groups in total. The predicted octanol–water partition coefficient (Wildman–Crippen LogP) is 5.16. The van der Waals surface area contributed by atoms with Gasteiger partial charge in [0.15, 0.2) is 5.78 Å². The molecule has 1 aliphatic rings. The fourth-order valence-corrected chi connectivity index (χ4v) is 3.84. The number of ether oxygens (including phenoxy) is 1. The van der Waals surface area contributed by atoms with Gasteiger partial charge in [-0.3, -0.25) is 4.79 Å². The lowest BCUT2D eigenvalue weighted by Crippen LogP contribution is -2.11. The fourth-order valence-electron chi connectivity index (χ4n) is 3.84. The molecule has 0 saturated carbocycles. The van der Waals surface area contributed by atoms with Crippen LogP contribution in [-0.4, -0.2) is 22.9 Å². The van der Waals surface area contributed by atoms with Crippen molar-refractivity contribution in [1.29, 1.82) is 0 Å². The number of hydrogen-bond acceptors (Lipinski definition) is 4. The number of ketones is 1. The molecule has 3 heterocycles. The van der Waals surface area contributed by atoms with Crippen LogP contribution in [0.4, 0.5) is 0 Å². The number of furan rings is 1. The van der Waals surface area contributed by atoms with E-state index in [1.54, 1.807) is 13.2 Å². The maximum atomic E-state index is 11.8. The molecule has 1 unspecified atom stereocenters. The molecule has 0 fully saturated rings. The van der Waals surface area contributed by atoms with Crippen LogP contribution >= 0.6 is 0 Å². The molecule has 1 atom stereocenters. The highest BCUT2D eigenvalue weighted by molar-refractivity contribution is 6.00. The van der Waals surface area contributed by atoms with Crippen LogP contribution in [0, 0.1) is 5.92 Å². The monoisotopic (exact) mass is 362 g/mol. The number of rotatable bonds is 6. The van der Waals surface area contributed by atoms with E-state index < -0.39 is 0 Å². The highest BCUT2D eigenvalue weighted by atomic mass is 16.6. The Morgan fingerprint density at radius 3 is 3.07 bits per heavy atom. The minimum Gasteiger partial charge on any atom is -0.468 e. The molecular weight excluding hydrogens is 340 g/mol. The van der Waals surface area contributed by atoms with Gasteiger partial charge in [-0.15, -0.1) is 0 Å². The summed E-state index contributed by atoms with van der Waals surface area (Å²) in [5.74, 6) is 1.68. The number of methoxy groups -OCH3 is 1. The largest absolute Gasteiger partial charge is 0.468 e.